The molecular formula is C15H15N3O3. The highest BCUT2D eigenvalue weighted by Gasteiger charge is 2.07. The van der Waals surface area contributed by atoms with Gasteiger partial charge in [-0.3, -0.25) is 4.79 Å². The van der Waals surface area contributed by atoms with Crippen LogP contribution >= 0.6 is 0 Å². The molecule has 0 aliphatic carbocycles. The van der Waals surface area contributed by atoms with E-state index < -0.39 is 0 Å². The molecule has 1 aromatic carbocycles. The maximum atomic E-state index is 10.9. The maximum absolute atomic E-state index is 10.9. The van der Waals surface area contributed by atoms with Gasteiger partial charge in [0.2, 0.25) is 0 Å². The minimum atomic E-state index is -0.331. The molecule has 2 rings (SSSR count). The van der Waals surface area contributed by atoms with Crippen molar-refractivity contribution in [1.29, 1.82) is 5.26 Å². The fourth-order valence-electron chi connectivity index (χ4n) is 1.91. The lowest BCUT2D eigenvalue weighted by molar-refractivity contribution is -0.142. The molecule has 6 heteroatoms. The second kappa shape index (κ2) is 6.57. The number of esters is 1. The molecule has 0 unspecified atom stereocenters. The number of hydrogen-bond donors (Lipinski definition) is 0. The number of hydrogen-bond acceptors (Lipinski definition) is 5. The van der Waals surface area contributed by atoms with E-state index in [-0.39, 0.29) is 12.6 Å². The first-order chi connectivity index (χ1) is 10.1. The van der Waals surface area contributed by atoms with Crippen LogP contribution in [-0.2, 0) is 22.7 Å². The van der Waals surface area contributed by atoms with Crippen LogP contribution in [-0.4, -0.2) is 22.6 Å². The summed E-state index contributed by atoms with van der Waals surface area (Å²) in [6.07, 6.45) is 3.33. The van der Waals surface area contributed by atoms with Crippen molar-refractivity contribution in [2.45, 2.75) is 20.1 Å². The van der Waals surface area contributed by atoms with Crippen molar-refractivity contribution in [3.63, 3.8) is 0 Å². The number of imidazole rings is 1. The van der Waals surface area contributed by atoms with Gasteiger partial charge in [-0.25, -0.2) is 4.98 Å². The van der Waals surface area contributed by atoms with E-state index in [0.29, 0.717) is 17.9 Å². The average molecular weight is 285 g/mol. The molecule has 0 spiro atoms. The summed E-state index contributed by atoms with van der Waals surface area (Å²) in [6, 6.07) is 7.47. The Balaban J connectivity index is 2.17. The van der Waals surface area contributed by atoms with Crippen LogP contribution in [0.1, 0.15) is 23.7 Å². The first kappa shape index (κ1) is 14.6. The molecule has 0 radical (unpaired) electrons. The lowest BCUT2D eigenvalue weighted by Gasteiger charge is -2.10. The highest BCUT2D eigenvalue weighted by Crippen LogP contribution is 2.20. The Kier molecular flexibility index (Phi) is 4.57. The summed E-state index contributed by atoms with van der Waals surface area (Å²) in [4.78, 5) is 14.9. The van der Waals surface area contributed by atoms with E-state index in [9.17, 15) is 4.79 Å². The SMILES string of the molecule is COc1cc(Cn2cncc2COC(C)=O)ccc1C#N. The Morgan fingerprint density at radius 1 is 1.48 bits per heavy atom. The summed E-state index contributed by atoms with van der Waals surface area (Å²) >= 11 is 0. The second-order valence-corrected chi connectivity index (χ2v) is 4.44. The Labute approximate surface area is 122 Å². The summed E-state index contributed by atoms with van der Waals surface area (Å²) in [5, 5.41) is 8.97. The van der Waals surface area contributed by atoms with Gasteiger partial charge in [-0.15, -0.1) is 0 Å². The molecule has 0 saturated heterocycles. The summed E-state index contributed by atoms with van der Waals surface area (Å²) in [5.41, 5.74) is 2.26. The van der Waals surface area contributed by atoms with E-state index in [1.54, 1.807) is 18.6 Å². The fourth-order valence-corrected chi connectivity index (χ4v) is 1.91. The summed E-state index contributed by atoms with van der Waals surface area (Å²) in [5.74, 6) is 0.208. The van der Waals surface area contributed by atoms with Gasteiger partial charge in [-0.2, -0.15) is 5.26 Å². The van der Waals surface area contributed by atoms with E-state index in [1.165, 1.54) is 14.0 Å². The lowest BCUT2D eigenvalue weighted by atomic mass is 10.1. The number of carbonyl (C=O) groups excluding carboxylic acids is 1. The maximum Gasteiger partial charge on any atom is 0.303 e. The number of nitrogens with zero attached hydrogens (tertiary/aromatic N) is 3. The number of rotatable bonds is 5. The van der Waals surface area contributed by atoms with Gasteiger partial charge in [-0.1, -0.05) is 6.07 Å². The molecule has 0 bridgehead atoms. The van der Waals surface area contributed by atoms with Crippen molar-refractivity contribution < 1.29 is 14.3 Å². The largest absolute Gasteiger partial charge is 0.495 e. The predicted molar refractivity (Wildman–Crippen MR) is 74.5 cm³/mol. The molecule has 0 saturated carbocycles. The van der Waals surface area contributed by atoms with Crippen molar-refractivity contribution in [1.82, 2.24) is 9.55 Å². The zero-order valence-electron chi connectivity index (χ0n) is 11.9. The van der Waals surface area contributed by atoms with Crippen LogP contribution in [0.2, 0.25) is 0 Å². The topological polar surface area (TPSA) is 77.1 Å². The third-order valence-electron chi connectivity index (χ3n) is 2.96. The predicted octanol–water partition coefficient (Wildman–Crippen LogP) is 1.87. The standard InChI is InChI=1S/C15H15N3O3/c1-11(19)21-9-14-7-17-10-18(14)8-12-3-4-13(6-16)15(5-12)20-2/h3-5,7,10H,8-9H2,1-2H3. The van der Waals surface area contributed by atoms with E-state index >= 15 is 0 Å². The van der Waals surface area contributed by atoms with E-state index in [4.69, 9.17) is 14.7 Å². The van der Waals surface area contributed by atoms with Gasteiger partial charge >= 0.3 is 5.97 Å². The minimum absolute atomic E-state index is 0.183. The molecular weight excluding hydrogens is 270 g/mol. The van der Waals surface area contributed by atoms with Crippen molar-refractivity contribution in [3.05, 3.63) is 47.5 Å². The second-order valence-electron chi connectivity index (χ2n) is 4.44. The zero-order chi connectivity index (χ0) is 15.2. The normalized spacial score (nSPS) is 9.95. The number of ether oxygens (including phenoxy) is 2. The monoisotopic (exact) mass is 285 g/mol. The molecule has 0 fully saturated rings. The highest BCUT2D eigenvalue weighted by molar-refractivity contribution is 5.65. The third-order valence-corrected chi connectivity index (χ3v) is 2.96. The van der Waals surface area contributed by atoms with Crippen LogP contribution in [0.4, 0.5) is 0 Å². The number of methoxy groups -OCH3 is 1. The van der Waals surface area contributed by atoms with E-state index in [2.05, 4.69) is 11.1 Å². The van der Waals surface area contributed by atoms with E-state index in [1.807, 2.05) is 16.7 Å². The molecule has 0 atom stereocenters. The number of benzene rings is 1. The minimum Gasteiger partial charge on any atom is -0.495 e. The first-order valence-corrected chi connectivity index (χ1v) is 6.33. The molecule has 0 aliphatic rings. The van der Waals surface area contributed by atoms with Crippen LogP contribution in [0.25, 0.3) is 0 Å². The quantitative estimate of drug-likeness (QED) is 0.784. The molecule has 1 heterocycles. The Morgan fingerprint density at radius 2 is 2.29 bits per heavy atom. The van der Waals surface area contributed by atoms with Crippen molar-refractivity contribution in [3.8, 4) is 11.8 Å². The zero-order valence-corrected chi connectivity index (χ0v) is 11.9. The van der Waals surface area contributed by atoms with Crippen LogP contribution in [0, 0.1) is 11.3 Å². The highest BCUT2D eigenvalue weighted by atomic mass is 16.5. The van der Waals surface area contributed by atoms with E-state index in [0.717, 1.165) is 11.3 Å². The molecule has 0 aliphatic heterocycles. The summed E-state index contributed by atoms with van der Waals surface area (Å²) in [7, 11) is 1.53. The van der Waals surface area contributed by atoms with Crippen LogP contribution in [0.15, 0.2) is 30.7 Å². The van der Waals surface area contributed by atoms with Crippen LogP contribution < -0.4 is 4.74 Å². The third kappa shape index (κ3) is 3.60. The van der Waals surface area contributed by atoms with Gasteiger partial charge in [-0.05, 0) is 17.7 Å². The molecule has 6 nitrogen and oxygen atoms in total. The smallest absolute Gasteiger partial charge is 0.303 e. The molecule has 21 heavy (non-hydrogen) atoms. The summed E-state index contributed by atoms with van der Waals surface area (Å²) in [6.45, 7) is 2.10. The summed E-state index contributed by atoms with van der Waals surface area (Å²) < 4.78 is 12.0. The van der Waals surface area contributed by atoms with Crippen LogP contribution in [0.3, 0.4) is 0 Å². The van der Waals surface area contributed by atoms with Gasteiger partial charge in [0.15, 0.2) is 0 Å². The Morgan fingerprint density at radius 3 is 2.95 bits per heavy atom. The van der Waals surface area contributed by atoms with Crippen molar-refractivity contribution in [2.24, 2.45) is 0 Å². The van der Waals surface area contributed by atoms with Gasteiger partial charge < -0.3 is 14.0 Å². The average Bonchev–Trinajstić information content (AvgIpc) is 2.92. The number of nitriles is 1. The molecule has 0 N–H and O–H groups in total. The van der Waals surface area contributed by atoms with Gasteiger partial charge in [0, 0.05) is 13.5 Å². The Bertz CT molecular complexity index is 686. The van der Waals surface area contributed by atoms with Gasteiger partial charge in [0.1, 0.15) is 18.4 Å². The molecule has 2 aromatic rings. The van der Waals surface area contributed by atoms with Crippen LogP contribution in [0.5, 0.6) is 5.75 Å². The van der Waals surface area contributed by atoms with Gasteiger partial charge in [0.05, 0.1) is 30.9 Å². The number of carbonyl (C=O) groups is 1. The first-order valence-electron chi connectivity index (χ1n) is 6.33. The molecule has 1 aromatic heterocycles. The molecule has 108 valence electrons. The number of aromatic nitrogens is 2. The lowest BCUT2D eigenvalue weighted by Crippen LogP contribution is -2.07. The Hall–Kier alpha value is -2.81. The molecule has 0 amide bonds. The van der Waals surface area contributed by atoms with Crippen molar-refractivity contribution >= 4 is 5.97 Å². The van der Waals surface area contributed by atoms with Gasteiger partial charge in [0.25, 0.3) is 0 Å². The van der Waals surface area contributed by atoms with Crippen molar-refractivity contribution in [2.75, 3.05) is 7.11 Å². The fraction of sp³-hybridized carbons (Fsp3) is 0.267.